The topological polar surface area (TPSA) is 59.8 Å². The number of carbonyl (C=O) groups is 1. The van der Waals surface area contributed by atoms with Crippen LogP contribution in [0.2, 0.25) is 5.02 Å². The van der Waals surface area contributed by atoms with Crippen LogP contribution in [-0.2, 0) is 10.2 Å². The highest BCUT2D eigenvalue weighted by atomic mass is 35.5. The van der Waals surface area contributed by atoms with Gasteiger partial charge in [-0.2, -0.15) is 4.98 Å². The molecule has 0 bridgehead atoms. The number of allylic oxidation sites excluding steroid dienone is 2. The standard InChI is InChI=1S/C25H25ClN4O/c1-25(2,3)16-13-11-15(12-14-16)23-28-24-27-19-9-6-10-20(31)21(19)22(30(24)29-23)17-7-4-5-8-18(17)26/h4-5,7-8,11-14,22H,6,9-10H2,1-3H3,(H,27,28,29). The van der Waals surface area contributed by atoms with Gasteiger partial charge in [0.05, 0.1) is 0 Å². The van der Waals surface area contributed by atoms with Crippen LogP contribution in [0.15, 0.2) is 59.8 Å². The number of ketones is 1. The number of hydrogen-bond acceptors (Lipinski definition) is 4. The second-order valence-electron chi connectivity index (χ2n) is 9.25. The average Bonchev–Trinajstić information content (AvgIpc) is 3.16. The fourth-order valence-corrected chi connectivity index (χ4v) is 4.62. The first-order valence-corrected chi connectivity index (χ1v) is 11.1. The van der Waals surface area contributed by atoms with Crippen molar-refractivity contribution >= 4 is 23.3 Å². The van der Waals surface area contributed by atoms with Gasteiger partial charge in [0.1, 0.15) is 6.04 Å². The third-order valence-electron chi connectivity index (χ3n) is 6.08. The molecule has 31 heavy (non-hydrogen) atoms. The van der Waals surface area contributed by atoms with Crippen LogP contribution in [0.4, 0.5) is 5.95 Å². The van der Waals surface area contributed by atoms with Crippen LogP contribution in [0, 0.1) is 0 Å². The van der Waals surface area contributed by atoms with E-state index in [0.717, 1.165) is 35.2 Å². The van der Waals surface area contributed by atoms with Crippen molar-refractivity contribution < 1.29 is 4.79 Å². The van der Waals surface area contributed by atoms with Crippen LogP contribution < -0.4 is 5.32 Å². The predicted octanol–water partition coefficient (Wildman–Crippen LogP) is 5.92. The van der Waals surface area contributed by atoms with Crippen LogP contribution >= 0.6 is 11.6 Å². The Balaban J connectivity index is 1.63. The summed E-state index contributed by atoms with van der Waals surface area (Å²) in [7, 11) is 0. The second kappa shape index (κ2) is 7.34. The lowest BCUT2D eigenvalue weighted by Gasteiger charge is -2.32. The highest BCUT2D eigenvalue weighted by molar-refractivity contribution is 6.31. The third-order valence-corrected chi connectivity index (χ3v) is 6.42. The molecule has 158 valence electrons. The maximum Gasteiger partial charge on any atom is 0.226 e. The Hall–Kier alpha value is -2.92. The first-order valence-electron chi connectivity index (χ1n) is 10.7. The zero-order valence-electron chi connectivity index (χ0n) is 17.9. The average molecular weight is 433 g/mol. The van der Waals surface area contributed by atoms with Gasteiger partial charge in [0, 0.05) is 33.8 Å². The van der Waals surface area contributed by atoms with Crippen molar-refractivity contribution in [3.8, 4) is 11.4 Å². The van der Waals surface area contributed by atoms with Crippen LogP contribution in [0.25, 0.3) is 11.4 Å². The fourth-order valence-electron chi connectivity index (χ4n) is 4.38. The summed E-state index contributed by atoms with van der Waals surface area (Å²) in [5, 5.41) is 8.84. The Morgan fingerprint density at radius 2 is 1.81 bits per heavy atom. The number of rotatable bonds is 2. The number of fused-ring (bicyclic) bond motifs is 1. The monoisotopic (exact) mass is 432 g/mol. The van der Waals surface area contributed by atoms with Crippen molar-refractivity contribution in [2.24, 2.45) is 0 Å². The summed E-state index contributed by atoms with van der Waals surface area (Å²) in [6, 6.07) is 15.7. The number of carbonyl (C=O) groups excluding carboxylic acids is 1. The van der Waals surface area contributed by atoms with E-state index in [0.29, 0.717) is 23.2 Å². The first-order chi connectivity index (χ1) is 14.8. The summed E-state index contributed by atoms with van der Waals surface area (Å²) in [4.78, 5) is 17.7. The molecule has 3 aromatic rings. The summed E-state index contributed by atoms with van der Waals surface area (Å²) in [6.07, 6.45) is 2.21. The Bertz CT molecular complexity index is 1200. The molecule has 0 saturated heterocycles. The number of hydrogen-bond donors (Lipinski definition) is 1. The van der Waals surface area contributed by atoms with Gasteiger partial charge in [0.25, 0.3) is 0 Å². The van der Waals surface area contributed by atoms with E-state index in [9.17, 15) is 4.79 Å². The molecule has 1 N–H and O–H groups in total. The quantitative estimate of drug-likeness (QED) is 0.546. The Morgan fingerprint density at radius 1 is 1.06 bits per heavy atom. The van der Waals surface area contributed by atoms with E-state index in [-0.39, 0.29) is 17.2 Å². The highest BCUT2D eigenvalue weighted by Crippen LogP contribution is 2.42. The first kappa shape index (κ1) is 20.0. The summed E-state index contributed by atoms with van der Waals surface area (Å²) >= 11 is 6.57. The van der Waals surface area contributed by atoms with E-state index >= 15 is 0 Å². The zero-order valence-corrected chi connectivity index (χ0v) is 18.7. The molecule has 5 rings (SSSR count). The van der Waals surface area contributed by atoms with Crippen LogP contribution in [-0.4, -0.2) is 20.5 Å². The Labute approximate surface area is 187 Å². The van der Waals surface area contributed by atoms with Crippen molar-refractivity contribution in [3.05, 3.63) is 76.0 Å². The van der Waals surface area contributed by atoms with E-state index in [1.165, 1.54) is 5.56 Å². The van der Waals surface area contributed by atoms with Gasteiger partial charge in [-0.25, -0.2) is 4.68 Å². The molecule has 0 saturated carbocycles. The molecule has 6 heteroatoms. The van der Waals surface area contributed by atoms with E-state index in [1.807, 2.05) is 28.9 Å². The van der Waals surface area contributed by atoms with Crippen molar-refractivity contribution in [2.45, 2.75) is 51.5 Å². The molecule has 0 spiro atoms. The SMILES string of the molecule is CC(C)(C)c1ccc(-c2nc3n(n2)C(c2ccccc2Cl)C2=C(CCCC2=O)N3)cc1. The van der Waals surface area contributed by atoms with Crippen molar-refractivity contribution in [1.29, 1.82) is 0 Å². The predicted molar refractivity (Wildman–Crippen MR) is 123 cm³/mol. The molecule has 1 aliphatic carbocycles. The molecule has 1 atom stereocenters. The summed E-state index contributed by atoms with van der Waals surface area (Å²) in [6.45, 7) is 6.59. The summed E-state index contributed by atoms with van der Waals surface area (Å²) in [5.41, 5.74) is 4.85. The number of nitrogens with one attached hydrogen (secondary N) is 1. The number of halogens is 1. The van der Waals surface area contributed by atoms with Crippen molar-refractivity contribution in [3.63, 3.8) is 0 Å². The fraction of sp³-hybridized carbons (Fsp3) is 0.320. The van der Waals surface area contributed by atoms with Gasteiger partial charge in [-0.3, -0.25) is 4.79 Å². The Morgan fingerprint density at radius 3 is 2.52 bits per heavy atom. The number of anilines is 1. The Kier molecular flexibility index (Phi) is 4.74. The molecule has 2 aliphatic rings. The molecule has 0 radical (unpaired) electrons. The van der Waals surface area contributed by atoms with E-state index in [4.69, 9.17) is 21.7 Å². The largest absolute Gasteiger partial charge is 0.328 e. The van der Waals surface area contributed by atoms with Gasteiger partial charge in [0.15, 0.2) is 11.6 Å². The lowest BCUT2D eigenvalue weighted by Crippen LogP contribution is -2.31. The van der Waals surface area contributed by atoms with E-state index in [1.54, 1.807) is 0 Å². The van der Waals surface area contributed by atoms with Gasteiger partial charge in [-0.15, -0.1) is 5.10 Å². The zero-order chi connectivity index (χ0) is 21.8. The molecular weight excluding hydrogens is 408 g/mol. The molecule has 2 aromatic carbocycles. The molecule has 2 heterocycles. The van der Waals surface area contributed by atoms with Crippen LogP contribution in [0.1, 0.15) is 57.2 Å². The van der Waals surface area contributed by atoms with Crippen LogP contribution in [0.3, 0.4) is 0 Å². The lowest BCUT2D eigenvalue weighted by molar-refractivity contribution is -0.116. The van der Waals surface area contributed by atoms with E-state index in [2.05, 4.69) is 50.4 Å². The van der Waals surface area contributed by atoms with Crippen LogP contribution in [0.5, 0.6) is 0 Å². The molecule has 1 unspecified atom stereocenters. The lowest BCUT2D eigenvalue weighted by atomic mass is 9.85. The maximum absolute atomic E-state index is 12.9. The summed E-state index contributed by atoms with van der Waals surface area (Å²) in [5.74, 6) is 1.43. The minimum absolute atomic E-state index is 0.0828. The second-order valence-corrected chi connectivity index (χ2v) is 9.66. The maximum atomic E-state index is 12.9. The van der Waals surface area contributed by atoms with Gasteiger partial charge < -0.3 is 5.32 Å². The summed E-state index contributed by atoms with van der Waals surface area (Å²) < 4.78 is 1.82. The number of aromatic nitrogens is 3. The number of benzene rings is 2. The molecule has 1 aliphatic heterocycles. The molecule has 0 fully saturated rings. The highest BCUT2D eigenvalue weighted by Gasteiger charge is 2.37. The normalized spacial score (nSPS) is 18.5. The van der Waals surface area contributed by atoms with Gasteiger partial charge in [-0.1, -0.05) is 74.8 Å². The molecule has 5 nitrogen and oxygen atoms in total. The van der Waals surface area contributed by atoms with Gasteiger partial charge in [0.2, 0.25) is 5.95 Å². The molecule has 1 aromatic heterocycles. The third kappa shape index (κ3) is 3.47. The number of nitrogens with zero attached hydrogens (tertiary/aromatic N) is 3. The molecule has 0 amide bonds. The smallest absolute Gasteiger partial charge is 0.226 e. The van der Waals surface area contributed by atoms with Crippen molar-refractivity contribution in [1.82, 2.24) is 14.8 Å². The van der Waals surface area contributed by atoms with Gasteiger partial charge >= 0.3 is 0 Å². The number of Topliss-reactive ketones (excluding diaryl/α,β-unsaturated/α-hetero) is 1. The van der Waals surface area contributed by atoms with Crippen molar-refractivity contribution in [2.75, 3.05) is 5.32 Å². The minimum Gasteiger partial charge on any atom is -0.328 e. The minimum atomic E-state index is -0.372. The van der Waals surface area contributed by atoms with E-state index < -0.39 is 0 Å². The van der Waals surface area contributed by atoms with Gasteiger partial charge in [-0.05, 0) is 29.9 Å². The molecular formula is C25H25ClN4O.